The number of ketones is 2. The van der Waals surface area contributed by atoms with Crippen LogP contribution in [0.15, 0.2) is 11.5 Å². The fraction of sp³-hybridized carbons (Fsp3) is 0.167. The van der Waals surface area contributed by atoms with E-state index in [0.717, 1.165) is 14.2 Å². The van der Waals surface area contributed by atoms with Crippen molar-refractivity contribution < 1.29 is 39.5 Å². The van der Waals surface area contributed by atoms with Crippen LogP contribution in [0.5, 0.6) is 23.0 Å². The Morgan fingerprint density at radius 2 is 1.30 bits per heavy atom. The monoisotopic (exact) mass is 282 g/mol. The molecule has 8 nitrogen and oxygen atoms in total. The summed E-state index contributed by atoms with van der Waals surface area (Å²) in [6.45, 7) is 0. The Labute approximate surface area is 112 Å². The van der Waals surface area contributed by atoms with Gasteiger partial charge < -0.3 is 29.9 Å². The summed E-state index contributed by atoms with van der Waals surface area (Å²) in [5.74, 6) is -7.19. The van der Waals surface area contributed by atoms with Crippen LogP contribution in [0, 0.1) is 0 Å². The molecule has 1 aromatic rings. The van der Waals surface area contributed by atoms with E-state index in [1.165, 1.54) is 0 Å². The van der Waals surface area contributed by atoms with Gasteiger partial charge in [0.25, 0.3) is 0 Å². The molecule has 0 bridgehead atoms. The van der Waals surface area contributed by atoms with E-state index in [2.05, 4.69) is 9.47 Å². The number of allylic oxidation sites excluding steroid dienone is 2. The highest BCUT2D eigenvalue weighted by molar-refractivity contribution is 6.28. The number of aromatic hydroxyl groups is 3. The topological polar surface area (TPSA) is 134 Å². The Hall–Kier alpha value is -2.90. The van der Waals surface area contributed by atoms with Crippen molar-refractivity contribution in [1.82, 2.24) is 0 Å². The quantitative estimate of drug-likeness (QED) is 0.458. The highest BCUT2D eigenvalue weighted by Crippen LogP contribution is 2.50. The van der Waals surface area contributed by atoms with Crippen molar-refractivity contribution in [3.8, 4) is 23.0 Å². The molecule has 1 aromatic carbocycles. The molecule has 0 fully saturated rings. The van der Waals surface area contributed by atoms with E-state index < -0.39 is 57.2 Å². The molecule has 0 unspecified atom stereocenters. The lowest BCUT2D eigenvalue weighted by Crippen LogP contribution is -2.23. The predicted octanol–water partition coefficient (Wildman–Crippen LogP) is 0.607. The Morgan fingerprint density at radius 1 is 0.750 bits per heavy atom. The zero-order valence-electron chi connectivity index (χ0n) is 10.4. The fourth-order valence-corrected chi connectivity index (χ4v) is 1.96. The summed E-state index contributed by atoms with van der Waals surface area (Å²) < 4.78 is 9.23. The second-order valence-corrected chi connectivity index (χ2v) is 3.87. The Balaban J connectivity index is 2.91. The van der Waals surface area contributed by atoms with E-state index >= 15 is 0 Å². The van der Waals surface area contributed by atoms with Crippen LogP contribution in [0.4, 0.5) is 0 Å². The van der Waals surface area contributed by atoms with Crippen molar-refractivity contribution >= 4 is 11.6 Å². The van der Waals surface area contributed by atoms with Gasteiger partial charge in [0.05, 0.1) is 25.3 Å². The molecule has 4 N–H and O–H groups in total. The largest absolute Gasteiger partial charge is 0.504 e. The first kappa shape index (κ1) is 13.5. The van der Waals surface area contributed by atoms with Gasteiger partial charge in [-0.1, -0.05) is 0 Å². The number of phenolic OH excluding ortho intramolecular Hbond substituents is 3. The number of phenols is 3. The molecule has 0 spiro atoms. The molecule has 2 rings (SSSR count). The van der Waals surface area contributed by atoms with Gasteiger partial charge in [0, 0.05) is 0 Å². The molecule has 0 saturated carbocycles. The van der Waals surface area contributed by atoms with Crippen LogP contribution in [0.1, 0.15) is 20.7 Å². The molecule has 1 aliphatic rings. The lowest BCUT2D eigenvalue weighted by atomic mass is 9.89. The molecule has 0 amide bonds. The third kappa shape index (κ3) is 1.48. The molecular formula is C12H10O8. The molecule has 0 aliphatic heterocycles. The smallest absolute Gasteiger partial charge is 0.236 e. The van der Waals surface area contributed by atoms with E-state index in [0.29, 0.717) is 0 Å². The van der Waals surface area contributed by atoms with Crippen LogP contribution in [0.25, 0.3) is 0 Å². The molecule has 0 atom stereocenters. The van der Waals surface area contributed by atoms with Crippen molar-refractivity contribution in [1.29, 1.82) is 0 Å². The van der Waals surface area contributed by atoms with Gasteiger partial charge in [0.2, 0.25) is 34.6 Å². The summed E-state index contributed by atoms with van der Waals surface area (Å²) in [6.07, 6.45) is 0. The molecule has 0 saturated heterocycles. The Kier molecular flexibility index (Phi) is 2.93. The number of methoxy groups -OCH3 is 2. The minimum absolute atomic E-state index is 0.587. The molecule has 20 heavy (non-hydrogen) atoms. The van der Waals surface area contributed by atoms with Gasteiger partial charge in [-0.05, 0) is 0 Å². The van der Waals surface area contributed by atoms with Crippen molar-refractivity contribution in [2.45, 2.75) is 0 Å². The third-order valence-corrected chi connectivity index (χ3v) is 2.88. The van der Waals surface area contributed by atoms with Crippen LogP contribution in [-0.2, 0) is 4.74 Å². The highest BCUT2D eigenvalue weighted by Gasteiger charge is 2.41. The minimum Gasteiger partial charge on any atom is -0.504 e. The van der Waals surface area contributed by atoms with Gasteiger partial charge >= 0.3 is 0 Å². The maximum absolute atomic E-state index is 12.0. The first-order chi connectivity index (χ1) is 9.36. The van der Waals surface area contributed by atoms with E-state index in [9.17, 15) is 30.0 Å². The van der Waals surface area contributed by atoms with Gasteiger partial charge in [-0.3, -0.25) is 9.59 Å². The molecule has 8 heteroatoms. The lowest BCUT2D eigenvalue weighted by Gasteiger charge is -2.20. The molecule has 0 aromatic heterocycles. The number of hydrogen-bond donors (Lipinski definition) is 4. The van der Waals surface area contributed by atoms with Gasteiger partial charge in [-0.2, -0.15) is 0 Å². The number of benzene rings is 1. The summed E-state index contributed by atoms with van der Waals surface area (Å²) in [5.41, 5.74) is -1.33. The lowest BCUT2D eigenvalue weighted by molar-refractivity contribution is 0.0849. The van der Waals surface area contributed by atoms with Crippen LogP contribution < -0.4 is 4.74 Å². The third-order valence-electron chi connectivity index (χ3n) is 2.88. The number of aliphatic hydroxyl groups excluding tert-OH is 1. The summed E-state index contributed by atoms with van der Waals surface area (Å²) in [4.78, 5) is 23.9. The van der Waals surface area contributed by atoms with Crippen LogP contribution in [0.3, 0.4) is 0 Å². The first-order valence-electron chi connectivity index (χ1n) is 5.28. The average Bonchev–Trinajstić information content (AvgIpc) is 2.41. The van der Waals surface area contributed by atoms with Crippen molar-refractivity contribution in [3.05, 3.63) is 22.6 Å². The minimum atomic E-state index is -1.14. The number of Topliss-reactive ketones (excluding diaryl/α,β-unsaturated/α-hetero) is 2. The zero-order valence-corrected chi connectivity index (χ0v) is 10.4. The molecule has 0 heterocycles. The van der Waals surface area contributed by atoms with E-state index in [1.807, 2.05) is 0 Å². The van der Waals surface area contributed by atoms with Gasteiger partial charge in [0.15, 0.2) is 11.5 Å². The number of fused-ring (bicyclic) bond motifs is 1. The number of carbonyl (C=O) groups excluding carboxylic acids is 2. The fourth-order valence-electron chi connectivity index (χ4n) is 1.96. The second kappa shape index (κ2) is 4.34. The normalized spacial score (nSPS) is 14.3. The molecular weight excluding hydrogens is 272 g/mol. The molecule has 106 valence electrons. The van der Waals surface area contributed by atoms with Crippen LogP contribution >= 0.6 is 0 Å². The van der Waals surface area contributed by atoms with E-state index in [4.69, 9.17) is 0 Å². The van der Waals surface area contributed by atoms with Crippen LogP contribution in [0.2, 0.25) is 0 Å². The summed E-state index contributed by atoms with van der Waals surface area (Å²) in [5, 5.41) is 38.9. The number of carbonyl (C=O) groups is 2. The van der Waals surface area contributed by atoms with Crippen LogP contribution in [-0.4, -0.2) is 46.2 Å². The molecule has 0 radical (unpaired) electrons. The number of hydrogen-bond acceptors (Lipinski definition) is 8. The predicted molar refractivity (Wildman–Crippen MR) is 63.3 cm³/mol. The standard InChI is InChI=1S/C12H10O8/c1-19-11-7(15)3-4(5(13)9(11)17)8(16)12(20-2)10(18)6(3)14/h13,15,17-18H,1-2H3. The Morgan fingerprint density at radius 3 is 1.80 bits per heavy atom. The second-order valence-electron chi connectivity index (χ2n) is 3.87. The summed E-state index contributed by atoms with van der Waals surface area (Å²) in [7, 11) is 2.12. The van der Waals surface area contributed by atoms with E-state index in [-0.39, 0.29) is 0 Å². The van der Waals surface area contributed by atoms with Crippen molar-refractivity contribution in [3.63, 3.8) is 0 Å². The molecule has 1 aliphatic carbocycles. The van der Waals surface area contributed by atoms with Gasteiger partial charge in [-0.25, -0.2) is 0 Å². The highest BCUT2D eigenvalue weighted by atomic mass is 16.5. The number of ether oxygens (including phenoxy) is 2. The number of rotatable bonds is 2. The van der Waals surface area contributed by atoms with Gasteiger partial charge in [0.1, 0.15) is 0 Å². The van der Waals surface area contributed by atoms with Crippen molar-refractivity contribution in [2.24, 2.45) is 0 Å². The SMILES string of the molecule is COC1=C(O)C(=O)c2c(O)c(OC)c(O)c(O)c2C1=O. The summed E-state index contributed by atoms with van der Waals surface area (Å²) in [6, 6.07) is 0. The van der Waals surface area contributed by atoms with Crippen molar-refractivity contribution in [2.75, 3.05) is 14.2 Å². The zero-order chi connectivity index (χ0) is 15.2. The average molecular weight is 282 g/mol. The summed E-state index contributed by atoms with van der Waals surface area (Å²) >= 11 is 0. The first-order valence-corrected chi connectivity index (χ1v) is 5.28. The van der Waals surface area contributed by atoms with Gasteiger partial charge in [-0.15, -0.1) is 0 Å². The Bertz CT molecular complexity index is 671. The maximum Gasteiger partial charge on any atom is 0.236 e. The van der Waals surface area contributed by atoms with E-state index in [1.54, 1.807) is 0 Å². The number of aliphatic hydroxyl groups is 1. The maximum atomic E-state index is 12.0.